The third-order valence-electron chi connectivity index (χ3n) is 1.86. The molecule has 1 rings (SSSR count). The van der Waals surface area contributed by atoms with Gasteiger partial charge in [0.05, 0.1) is 16.9 Å². The minimum atomic E-state index is -1.18. The van der Waals surface area contributed by atoms with E-state index in [-0.39, 0.29) is 21.7 Å². The molecule has 82 valence electrons. The van der Waals surface area contributed by atoms with Crippen molar-refractivity contribution in [1.29, 1.82) is 5.26 Å². The van der Waals surface area contributed by atoms with Crippen molar-refractivity contribution in [2.75, 3.05) is 0 Å². The van der Waals surface area contributed by atoms with Gasteiger partial charge in [-0.15, -0.1) is 12.6 Å². The van der Waals surface area contributed by atoms with Crippen LogP contribution in [-0.2, 0) is 11.2 Å². The molecule has 0 fully saturated rings. The number of carbonyl (C=O) groups is 1. The Morgan fingerprint density at radius 1 is 1.62 bits per heavy atom. The molecule has 0 spiro atoms. The molecule has 0 aliphatic carbocycles. The second-order valence-electron chi connectivity index (χ2n) is 2.94. The first-order valence-electron chi connectivity index (χ1n) is 4.08. The summed E-state index contributed by atoms with van der Waals surface area (Å²) in [5, 5.41) is 27.9. The number of nitrogens with zero attached hydrogens (tertiary/aromatic N) is 2. The average Bonchev–Trinajstić information content (AvgIpc) is 2.16. The third-order valence-corrected chi connectivity index (χ3v) is 2.23. The molecule has 0 unspecified atom stereocenters. The maximum absolute atomic E-state index is 10.7. The van der Waals surface area contributed by atoms with Gasteiger partial charge in [-0.2, -0.15) is 5.26 Å². The van der Waals surface area contributed by atoms with Gasteiger partial charge in [0.1, 0.15) is 6.07 Å². The van der Waals surface area contributed by atoms with Gasteiger partial charge in [0, 0.05) is 16.5 Å². The fourth-order valence-corrected chi connectivity index (χ4v) is 1.45. The number of carboxylic acid groups (broad SMARTS) is 1. The van der Waals surface area contributed by atoms with Gasteiger partial charge in [-0.1, -0.05) is 0 Å². The first-order valence-corrected chi connectivity index (χ1v) is 4.52. The van der Waals surface area contributed by atoms with E-state index in [1.807, 2.05) is 0 Å². The molecule has 0 heterocycles. The zero-order valence-electron chi connectivity index (χ0n) is 7.88. The molecular formula is C9H6N2O4S. The number of nitriles is 1. The number of hydrogen-bond acceptors (Lipinski definition) is 5. The van der Waals surface area contributed by atoms with Crippen LogP contribution >= 0.6 is 12.6 Å². The highest BCUT2D eigenvalue weighted by molar-refractivity contribution is 7.80. The molecule has 6 nitrogen and oxygen atoms in total. The molecule has 1 aromatic carbocycles. The summed E-state index contributed by atoms with van der Waals surface area (Å²) in [4.78, 5) is 20.7. The van der Waals surface area contributed by atoms with Crippen LogP contribution in [0.3, 0.4) is 0 Å². The van der Waals surface area contributed by atoms with Gasteiger partial charge >= 0.3 is 5.97 Å². The van der Waals surface area contributed by atoms with Gasteiger partial charge in [-0.25, -0.2) is 0 Å². The van der Waals surface area contributed by atoms with Crippen LogP contribution in [0.5, 0.6) is 0 Å². The van der Waals surface area contributed by atoms with E-state index in [1.54, 1.807) is 6.07 Å². The monoisotopic (exact) mass is 238 g/mol. The Morgan fingerprint density at radius 2 is 2.25 bits per heavy atom. The van der Waals surface area contributed by atoms with Crippen molar-refractivity contribution in [3.63, 3.8) is 0 Å². The van der Waals surface area contributed by atoms with Gasteiger partial charge < -0.3 is 5.11 Å². The first-order chi connectivity index (χ1) is 7.45. The van der Waals surface area contributed by atoms with Crippen LogP contribution in [0.1, 0.15) is 11.1 Å². The summed E-state index contributed by atoms with van der Waals surface area (Å²) in [6, 6.07) is 4.00. The van der Waals surface area contributed by atoms with E-state index in [0.29, 0.717) is 0 Å². The number of nitro benzene ring substituents is 1. The van der Waals surface area contributed by atoms with Crippen LogP contribution in [0.25, 0.3) is 0 Å². The topological polar surface area (TPSA) is 104 Å². The van der Waals surface area contributed by atoms with Crippen molar-refractivity contribution in [3.8, 4) is 6.07 Å². The van der Waals surface area contributed by atoms with Crippen LogP contribution in [-0.4, -0.2) is 16.0 Å². The van der Waals surface area contributed by atoms with Crippen LogP contribution in [0.15, 0.2) is 17.0 Å². The lowest BCUT2D eigenvalue weighted by molar-refractivity contribution is -0.385. The number of nitro groups is 1. The lowest BCUT2D eigenvalue weighted by Crippen LogP contribution is -2.04. The van der Waals surface area contributed by atoms with Crippen molar-refractivity contribution in [1.82, 2.24) is 0 Å². The largest absolute Gasteiger partial charge is 0.481 e. The molecule has 0 aliphatic heterocycles. The number of rotatable bonds is 3. The highest BCUT2D eigenvalue weighted by Crippen LogP contribution is 2.26. The summed E-state index contributed by atoms with van der Waals surface area (Å²) in [6.45, 7) is 0. The van der Waals surface area contributed by atoms with E-state index >= 15 is 0 Å². The number of aliphatic carboxylic acids is 1. The maximum Gasteiger partial charge on any atom is 0.308 e. The minimum absolute atomic E-state index is 0.0292. The summed E-state index contributed by atoms with van der Waals surface area (Å²) in [6.07, 6.45) is -0.477. The quantitative estimate of drug-likeness (QED) is 0.470. The van der Waals surface area contributed by atoms with Crippen LogP contribution in [0.4, 0.5) is 5.69 Å². The molecule has 16 heavy (non-hydrogen) atoms. The van der Waals surface area contributed by atoms with E-state index in [4.69, 9.17) is 10.4 Å². The molecule has 0 saturated carbocycles. The molecule has 0 bridgehead atoms. The number of hydrogen-bond donors (Lipinski definition) is 2. The van der Waals surface area contributed by atoms with E-state index < -0.39 is 17.3 Å². The number of thiol groups is 1. The molecular weight excluding hydrogens is 232 g/mol. The van der Waals surface area contributed by atoms with E-state index in [1.165, 1.54) is 6.07 Å². The zero-order valence-corrected chi connectivity index (χ0v) is 8.77. The normalized spacial score (nSPS) is 9.50. The Balaban J connectivity index is 3.37. The highest BCUT2D eigenvalue weighted by Gasteiger charge is 2.18. The first kappa shape index (κ1) is 12.0. The van der Waals surface area contributed by atoms with Crippen molar-refractivity contribution < 1.29 is 14.8 Å². The fourth-order valence-electron chi connectivity index (χ4n) is 1.18. The third kappa shape index (κ3) is 2.49. The number of benzene rings is 1. The Morgan fingerprint density at radius 3 is 2.69 bits per heavy atom. The summed E-state index contributed by atoms with van der Waals surface area (Å²) in [7, 11) is 0. The SMILES string of the molecule is N#Cc1cc([N+](=O)[O-])c(CC(=O)O)cc1S. The van der Waals surface area contributed by atoms with Crippen molar-refractivity contribution >= 4 is 24.3 Å². The Kier molecular flexibility index (Phi) is 3.48. The summed E-state index contributed by atoms with van der Waals surface area (Å²) < 4.78 is 0. The summed E-state index contributed by atoms with van der Waals surface area (Å²) in [5.74, 6) is -1.18. The van der Waals surface area contributed by atoms with Crippen molar-refractivity contribution in [2.24, 2.45) is 0 Å². The molecule has 0 aromatic heterocycles. The molecule has 0 amide bonds. The molecule has 7 heteroatoms. The van der Waals surface area contributed by atoms with Gasteiger partial charge in [0.2, 0.25) is 0 Å². The van der Waals surface area contributed by atoms with E-state index in [9.17, 15) is 14.9 Å². The predicted octanol–water partition coefficient (Wildman–Crippen LogP) is 1.38. The second kappa shape index (κ2) is 4.63. The number of carboxylic acids is 1. The van der Waals surface area contributed by atoms with Gasteiger partial charge in [0.15, 0.2) is 0 Å². The summed E-state index contributed by atoms with van der Waals surface area (Å²) in [5.41, 5.74) is -0.303. The highest BCUT2D eigenvalue weighted by atomic mass is 32.1. The predicted molar refractivity (Wildman–Crippen MR) is 56.4 cm³/mol. The van der Waals surface area contributed by atoms with Gasteiger partial charge in [-0.3, -0.25) is 14.9 Å². The Bertz CT molecular complexity index is 507. The lowest BCUT2D eigenvalue weighted by atomic mass is 10.1. The molecule has 0 atom stereocenters. The molecule has 0 radical (unpaired) electrons. The smallest absolute Gasteiger partial charge is 0.308 e. The lowest BCUT2D eigenvalue weighted by Gasteiger charge is -2.02. The Labute approximate surface area is 95.7 Å². The average molecular weight is 238 g/mol. The van der Waals surface area contributed by atoms with Crippen LogP contribution in [0.2, 0.25) is 0 Å². The van der Waals surface area contributed by atoms with Crippen molar-refractivity contribution in [3.05, 3.63) is 33.4 Å². The second-order valence-corrected chi connectivity index (χ2v) is 3.42. The van der Waals surface area contributed by atoms with Crippen LogP contribution in [0, 0.1) is 21.4 Å². The standard InChI is InChI=1S/C9H6N2O4S/c10-4-6-1-7(11(14)15)5(2-8(6)16)3-9(12)13/h1-2,16H,3H2,(H,12,13). The van der Waals surface area contributed by atoms with Crippen molar-refractivity contribution in [2.45, 2.75) is 11.3 Å². The van der Waals surface area contributed by atoms with Gasteiger partial charge in [-0.05, 0) is 6.07 Å². The summed E-state index contributed by atoms with van der Waals surface area (Å²) >= 11 is 3.95. The molecule has 1 N–H and O–H groups in total. The molecule has 0 aliphatic rings. The molecule has 0 saturated heterocycles. The maximum atomic E-state index is 10.7. The Hall–Kier alpha value is -2.07. The van der Waals surface area contributed by atoms with Crippen LogP contribution < -0.4 is 0 Å². The zero-order chi connectivity index (χ0) is 12.3. The van der Waals surface area contributed by atoms with E-state index in [0.717, 1.165) is 6.07 Å². The fraction of sp³-hybridized carbons (Fsp3) is 0.111. The van der Waals surface area contributed by atoms with Gasteiger partial charge in [0.25, 0.3) is 5.69 Å². The molecule has 1 aromatic rings. The van der Waals surface area contributed by atoms with E-state index in [2.05, 4.69) is 12.6 Å². The minimum Gasteiger partial charge on any atom is -0.481 e.